The fraction of sp³-hybridized carbons (Fsp3) is 0. The van der Waals surface area contributed by atoms with Crippen molar-refractivity contribution in [2.75, 3.05) is 0 Å². The first-order valence-electron chi connectivity index (χ1n) is 3.69. The highest BCUT2D eigenvalue weighted by atomic mass is 127. The molecule has 0 radical (unpaired) electrons. The second-order valence-corrected chi connectivity index (χ2v) is 5.30. The molecule has 0 unspecified atom stereocenters. The highest BCUT2D eigenvalue weighted by molar-refractivity contribution is 14.1. The maximum absolute atomic E-state index is 13.2. The van der Waals surface area contributed by atoms with Crippen molar-refractivity contribution in [3.63, 3.8) is 0 Å². The Hall–Kier alpha value is 0.310. The molecular formula is C9H3ClFI2N. The molecule has 2 aromatic rings. The van der Waals surface area contributed by atoms with E-state index in [1.54, 1.807) is 12.3 Å². The van der Waals surface area contributed by atoms with Gasteiger partial charge in [0.1, 0.15) is 5.82 Å². The van der Waals surface area contributed by atoms with Crippen LogP contribution in [0.2, 0.25) is 5.02 Å². The minimum absolute atomic E-state index is 0.261. The minimum Gasteiger partial charge on any atom is -0.254 e. The van der Waals surface area contributed by atoms with Gasteiger partial charge in [0.25, 0.3) is 0 Å². The SMILES string of the molecule is Fc1ccc2c(Cl)c(I)cnc2c1I. The fourth-order valence-electron chi connectivity index (χ4n) is 1.15. The van der Waals surface area contributed by atoms with Gasteiger partial charge in [-0.3, -0.25) is 4.98 Å². The number of halogens is 4. The molecule has 0 atom stereocenters. The smallest absolute Gasteiger partial charge is 0.138 e. The normalized spacial score (nSPS) is 10.9. The Morgan fingerprint density at radius 2 is 2.00 bits per heavy atom. The number of rotatable bonds is 0. The topological polar surface area (TPSA) is 12.9 Å². The molecule has 2 rings (SSSR count). The van der Waals surface area contributed by atoms with Crippen LogP contribution in [0.4, 0.5) is 4.39 Å². The number of benzene rings is 1. The Kier molecular flexibility index (Phi) is 3.13. The van der Waals surface area contributed by atoms with Gasteiger partial charge in [0.2, 0.25) is 0 Å². The Bertz CT molecular complexity index is 468. The lowest BCUT2D eigenvalue weighted by molar-refractivity contribution is 0.622. The van der Waals surface area contributed by atoms with Gasteiger partial charge in [0.05, 0.1) is 17.7 Å². The fourth-order valence-corrected chi connectivity index (χ4v) is 2.39. The number of fused-ring (bicyclic) bond motifs is 1. The summed E-state index contributed by atoms with van der Waals surface area (Å²) in [6.45, 7) is 0. The largest absolute Gasteiger partial charge is 0.254 e. The van der Waals surface area contributed by atoms with E-state index in [1.807, 2.05) is 22.6 Å². The van der Waals surface area contributed by atoms with Crippen molar-refractivity contribution in [1.29, 1.82) is 0 Å². The first kappa shape index (κ1) is 10.8. The summed E-state index contributed by atoms with van der Waals surface area (Å²) in [7, 11) is 0. The van der Waals surface area contributed by atoms with Gasteiger partial charge >= 0.3 is 0 Å². The van der Waals surface area contributed by atoms with Crippen LogP contribution in [0.3, 0.4) is 0 Å². The van der Waals surface area contributed by atoms with Gasteiger partial charge < -0.3 is 0 Å². The van der Waals surface area contributed by atoms with E-state index in [9.17, 15) is 4.39 Å². The van der Waals surface area contributed by atoms with Crippen molar-refractivity contribution in [2.45, 2.75) is 0 Å². The molecule has 1 heterocycles. The van der Waals surface area contributed by atoms with Gasteiger partial charge in [-0.05, 0) is 57.3 Å². The lowest BCUT2D eigenvalue weighted by Gasteiger charge is -2.04. The summed E-state index contributed by atoms with van der Waals surface area (Å²) in [6, 6.07) is 3.07. The minimum atomic E-state index is -0.261. The number of pyridine rings is 1. The van der Waals surface area contributed by atoms with Crippen molar-refractivity contribution in [1.82, 2.24) is 4.98 Å². The molecule has 1 aromatic heterocycles. The summed E-state index contributed by atoms with van der Waals surface area (Å²) in [5, 5.41) is 1.43. The molecule has 0 saturated carbocycles. The second-order valence-electron chi connectivity index (χ2n) is 2.68. The van der Waals surface area contributed by atoms with Crippen molar-refractivity contribution in [3.05, 3.63) is 36.3 Å². The van der Waals surface area contributed by atoms with Gasteiger partial charge in [-0.1, -0.05) is 11.6 Å². The second kappa shape index (κ2) is 4.05. The molecule has 1 nitrogen and oxygen atoms in total. The third-order valence-corrected chi connectivity index (χ3v) is 4.39. The van der Waals surface area contributed by atoms with Crippen LogP contribution in [0.15, 0.2) is 18.3 Å². The molecule has 0 aliphatic heterocycles. The molecule has 0 fully saturated rings. The molecule has 0 aliphatic carbocycles. The van der Waals surface area contributed by atoms with Crippen LogP contribution < -0.4 is 0 Å². The van der Waals surface area contributed by atoms with Crippen molar-refractivity contribution in [2.24, 2.45) is 0 Å². The van der Waals surface area contributed by atoms with E-state index in [0.717, 1.165) is 8.96 Å². The third kappa shape index (κ3) is 1.71. The lowest BCUT2D eigenvalue weighted by atomic mass is 10.2. The first-order chi connectivity index (χ1) is 6.61. The number of hydrogen-bond donors (Lipinski definition) is 0. The first-order valence-corrected chi connectivity index (χ1v) is 6.22. The van der Waals surface area contributed by atoms with Crippen LogP contribution >= 0.6 is 56.8 Å². The summed E-state index contributed by atoms with van der Waals surface area (Å²) < 4.78 is 14.6. The van der Waals surface area contributed by atoms with E-state index in [2.05, 4.69) is 27.6 Å². The summed E-state index contributed by atoms with van der Waals surface area (Å²) in [4.78, 5) is 4.16. The van der Waals surface area contributed by atoms with Crippen molar-refractivity contribution >= 4 is 67.7 Å². The average Bonchev–Trinajstić information content (AvgIpc) is 2.17. The van der Waals surface area contributed by atoms with E-state index in [-0.39, 0.29) is 5.82 Å². The third-order valence-electron chi connectivity index (χ3n) is 1.82. The van der Waals surface area contributed by atoms with Gasteiger partial charge in [0.15, 0.2) is 0 Å². The summed E-state index contributed by atoms with van der Waals surface area (Å²) in [5.74, 6) is -0.261. The molecule has 14 heavy (non-hydrogen) atoms. The number of nitrogens with zero attached hydrogens (tertiary/aromatic N) is 1. The van der Waals surface area contributed by atoms with Crippen LogP contribution in [-0.4, -0.2) is 4.98 Å². The molecule has 0 amide bonds. The summed E-state index contributed by atoms with van der Waals surface area (Å²) >= 11 is 10.1. The van der Waals surface area contributed by atoms with Gasteiger partial charge in [-0.2, -0.15) is 0 Å². The highest BCUT2D eigenvalue weighted by Gasteiger charge is 2.10. The van der Waals surface area contributed by atoms with E-state index in [4.69, 9.17) is 11.6 Å². The predicted molar refractivity (Wildman–Crippen MR) is 72.1 cm³/mol. The van der Waals surface area contributed by atoms with Crippen LogP contribution in [0.1, 0.15) is 0 Å². The molecule has 72 valence electrons. The molecule has 0 aliphatic rings. The predicted octanol–water partition coefficient (Wildman–Crippen LogP) is 4.24. The number of hydrogen-bond acceptors (Lipinski definition) is 1. The maximum atomic E-state index is 13.2. The van der Waals surface area contributed by atoms with E-state index >= 15 is 0 Å². The van der Waals surface area contributed by atoms with Crippen LogP contribution in [0.5, 0.6) is 0 Å². The Morgan fingerprint density at radius 1 is 1.29 bits per heavy atom. The molecule has 5 heteroatoms. The molecule has 0 bridgehead atoms. The summed E-state index contributed by atoms with van der Waals surface area (Å²) in [5.41, 5.74) is 0.621. The maximum Gasteiger partial charge on any atom is 0.138 e. The van der Waals surface area contributed by atoms with Gasteiger partial charge in [-0.15, -0.1) is 0 Å². The highest BCUT2D eigenvalue weighted by Crippen LogP contribution is 2.30. The van der Waals surface area contributed by atoms with E-state index in [1.165, 1.54) is 6.07 Å². The Morgan fingerprint density at radius 3 is 2.71 bits per heavy atom. The van der Waals surface area contributed by atoms with Crippen LogP contribution in [0, 0.1) is 13.0 Å². The van der Waals surface area contributed by atoms with Crippen LogP contribution in [0.25, 0.3) is 10.9 Å². The molecule has 0 saturated heterocycles. The van der Waals surface area contributed by atoms with E-state index < -0.39 is 0 Å². The van der Waals surface area contributed by atoms with E-state index in [0.29, 0.717) is 14.1 Å². The average molecular weight is 433 g/mol. The number of aromatic nitrogens is 1. The zero-order valence-electron chi connectivity index (χ0n) is 6.69. The van der Waals surface area contributed by atoms with Crippen molar-refractivity contribution in [3.8, 4) is 0 Å². The molecule has 0 N–H and O–H groups in total. The quantitative estimate of drug-likeness (QED) is 0.567. The molecular weight excluding hydrogens is 430 g/mol. The Labute approximate surface area is 112 Å². The van der Waals surface area contributed by atoms with Crippen LogP contribution in [-0.2, 0) is 0 Å². The zero-order valence-corrected chi connectivity index (χ0v) is 11.8. The molecule has 0 spiro atoms. The monoisotopic (exact) mass is 433 g/mol. The lowest BCUT2D eigenvalue weighted by Crippen LogP contribution is -1.90. The van der Waals surface area contributed by atoms with Gasteiger partial charge in [-0.25, -0.2) is 4.39 Å². The summed E-state index contributed by atoms with van der Waals surface area (Å²) in [6.07, 6.45) is 1.65. The van der Waals surface area contributed by atoms with Crippen molar-refractivity contribution < 1.29 is 4.39 Å². The Balaban J connectivity index is 2.94. The molecule has 1 aromatic carbocycles. The van der Waals surface area contributed by atoms with Gasteiger partial charge in [0, 0.05) is 11.6 Å². The zero-order chi connectivity index (χ0) is 10.3. The standard InChI is InChI=1S/C9H3ClFI2N/c10-7-4-1-2-5(11)8(13)9(4)14-3-6(7)12/h1-3H.